The van der Waals surface area contributed by atoms with Gasteiger partial charge in [-0.05, 0) is 55.9 Å². The molecule has 1 aromatic rings. The highest BCUT2D eigenvalue weighted by atomic mass is 16.5. The van der Waals surface area contributed by atoms with Crippen molar-refractivity contribution >= 4 is 0 Å². The van der Waals surface area contributed by atoms with Gasteiger partial charge in [0.1, 0.15) is 0 Å². The van der Waals surface area contributed by atoms with E-state index in [0.717, 1.165) is 31.3 Å². The maximum atomic E-state index is 6.02. The number of ether oxygens (including phenoxy) is 2. The molecule has 102 valence electrons. The molecule has 1 heterocycles. The van der Waals surface area contributed by atoms with E-state index in [1.54, 1.807) is 0 Å². The third-order valence-electron chi connectivity index (χ3n) is 5.13. The Kier molecular flexibility index (Phi) is 2.23. The topological polar surface area (TPSA) is 44.5 Å². The minimum atomic E-state index is 0.214. The second-order valence-electron chi connectivity index (χ2n) is 6.68. The normalized spacial score (nSPS) is 24.9. The fourth-order valence-corrected chi connectivity index (χ4v) is 3.16. The van der Waals surface area contributed by atoms with Crippen molar-refractivity contribution in [1.82, 2.24) is 0 Å². The molecule has 2 fully saturated rings. The van der Waals surface area contributed by atoms with Crippen LogP contribution in [0.2, 0.25) is 0 Å². The fourth-order valence-electron chi connectivity index (χ4n) is 3.16. The molecule has 0 amide bonds. The lowest BCUT2D eigenvalue weighted by Gasteiger charge is -2.18. The first-order valence-corrected chi connectivity index (χ1v) is 7.27. The van der Waals surface area contributed by atoms with Gasteiger partial charge in [-0.25, -0.2) is 0 Å². The maximum Gasteiger partial charge on any atom is 0.161 e. The molecular formula is C16H21NO2. The summed E-state index contributed by atoms with van der Waals surface area (Å²) in [7, 11) is 0. The maximum absolute atomic E-state index is 6.02. The summed E-state index contributed by atoms with van der Waals surface area (Å²) in [5.74, 6) is 1.84. The minimum Gasteiger partial charge on any atom is -0.489 e. The third-order valence-corrected chi connectivity index (χ3v) is 5.13. The Balaban J connectivity index is 1.71. The standard InChI is InChI=1S/C16H21NO2/c1-11-6-13-14(7-12(11)16(8-17)4-5-16)19-10-15(2-3-15)9-18-13/h6-7H,2-5,8-10,17H2,1H3. The molecule has 1 spiro atoms. The van der Waals surface area contributed by atoms with Crippen molar-refractivity contribution < 1.29 is 9.47 Å². The molecule has 0 saturated heterocycles. The number of aryl methyl sites for hydroxylation is 1. The Bertz CT molecular complexity index is 530. The monoisotopic (exact) mass is 259 g/mol. The molecule has 19 heavy (non-hydrogen) atoms. The molecule has 2 aliphatic carbocycles. The zero-order chi connectivity index (χ0) is 13.1. The number of fused-ring (bicyclic) bond motifs is 1. The van der Waals surface area contributed by atoms with Crippen molar-refractivity contribution in [3.8, 4) is 11.5 Å². The molecule has 0 atom stereocenters. The average molecular weight is 259 g/mol. The van der Waals surface area contributed by atoms with Gasteiger partial charge in [0, 0.05) is 17.4 Å². The number of nitrogens with two attached hydrogens (primary N) is 1. The van der Waals surface area contributed by atoms with Gasteiger partial charge < -0.3 is 15.2 Å². The summed E-state index contributed by atoms with van der Waals surface area (Å²) in [6.45, 7) is 4.50. The van der Waals surface area contributed by atoms with Crippen LogP contribution >= 0.6 is 0 Å². The minimum absolute atomic E-state index is 0.214. The number of hydrogen-bond acceptors (Lipinski definition) is 3. The third kappa shape index (κ3) is 1.75. The average Bonchev–Trinajstić information content (AvgIpc) is 3.30. The molecule has 3 heteroatoms. The van der Waals surface area contributed by atoms with Gasteiger partial charge >= 0.3 is 0 Å². The van der Waals surface area contributed by atoms with Crippen LogP contribution in [-0.4, -0.2) is 19.8 Å². The van der Waals surface area contributed by atoms with Crippen molar-refractivity contribution in [2.45, 2.75) is 38.0 Å². The van der Waals surface area contributed by atoms with Crippen LogP contribution in [0.25, 0.3) is 0 Å². The van der Waals surface area contributed by atoms with Gasteiger partial charge in [-0.3, -0.25) is 0 Å². The summed E-state index contributed by atoms with van der Waals surface area (Å²) in [6, 6.07) is 4.33. The Labute approximate surface area is 114 Å². The van der Waals surface area contributed by atoms with E-state index in [0.29, 0.717) is 5.41 Å². The first-order chi connectivity index (χ1) is 9.16. The summed E-state index contributed by atoms with van der Waals surface area (Å²) in [4.78, 5) is 0. The molecule has 0 unspecified atom stereocenters. The fraction of sp³-hybridized carbons (Fsp3) is 0.625. The second-order valence-corrected chi connectivity index (χ2v) is 6.68. The van der Waals surface area contributed by atoms with Crippen LogP contribution in [0.15, 0.2) is 12.1 Å². The van der Waals surface area contributed by atoms with E-state index in [1.807, 2.05) is 0 Å². The summed E-state index contributed by atoms with van der Waals surface area (Å²) in [5.41, 5.74) is 9.13. The van der Waals surface area contributed by atoms with E-state index in [-0.39, 0.29) is 5.41 Å². The zero-order valence-corrected chi connectivity index (χ0v) is 11.5. The Morgan fingerprint density at radius 1 is 1.05 bits per heavy atom. The predicted octanol–water partition coefficient (Wildman–Crippen LogP) is 2.54. The Morgan fingerprint density at radius 3 is 2.21 bits per heavy atom. The van der Waals surface area contributed by atoms with Crippen LogP contribution in [0, 0.1) is 12.3 Å². The molecule has 3 nitrogen and oxygen atoms in total. The molecule has 0 bridgehead atoms. The van der Waals surface area contributed by atoms with Crippen LogP contribution in [0.1, 0.15) is 36.8 Å². The predicted molar refractivity (Wildman–Crippen MR) is 73.8 cm³/mol. The van der Waals surface area contributed by atoms with Crippen LogP contribution in [0.3, 0.4) is 0 Å². The smallest absolute Gasteiger partial charge is 0.161 e. The van der Waals surface area contributed by atoms with Gasteiger partial charge in [0.05, 0.1) is 13.2 Å². The number of rotatable bonds is 2. The van der Waals surface area contributed by atoms with E-state index >= 15 is 0 Å². The van der Waals surface area contributed by atoms with Gasteiger partial charge in [0.25, 0.3) is 0 Å². The quantitative estimate of drug-likeness (QED) is 0.887. The Morgan fingerprint density at radius 2 is 1.68 bits per heavy atom. The molecule has 2 saturated carbocycles. The summed E-state index contributed by atoms with van der Waals surface area (Å²) in [5, 5.41) is 0. The lowest BCUT2D eigenvalue weighted by molar-refractivity contribution is 0.197. The highest BCUT2D eigenvalue weighted by molar-refractivity contribution is 5.51. The molecule has 4 rings (SSSR count). The van der Waals surface area contributed by atoms with Crippen LogP contribution in [0.5, 0.6) is 11.5 Å². The highest BCUT2D eigenvalue weighted by Crippen LogP contribution is 2.53. The number of hydrogen-bond donors (Lipinski definition) is 1. The van der Waals surface area contributed by atoms with Gasteiger partial charge in [-0.15, -0.1) is 0 Å². The summed E-state index contributed by atoms with van der Waals surface area (Å²) in [6.07, 6.45) is 4.88. The van der Waals surface area contributed by atoms with Crippen molar-refractivity contribution in [1.29, 1.82) is 0 Å². The first-order valence-electron chi connectivity index (χ1n) is 7.27. The number of benzene rings is 1. The van der Waals surface area contributed by atoms with Crippen molar-refractivity contribution in [2.75, 3.05) is 19.8 Å². The van der Waals surface area contributed by atoms with Gasteiger partial charge in [-0.1, -0.05) is 0 Å². The van der Waals surface area contributed by atoms with Gasteiger partial charge in [-0.2, -0.15) is 0 Å². The van der Waals surface area contributed by atoms with E-state index in [2.05, 4.69) is 19.1 Å². The lowest BCUT2D eigenvalue weighted by atomic mass is 9.91. The highest BCUT2D eigenvalue weighted by Gasteiger charge is 2.47. The van der Waals surface area contributed by atoms with Crippen LogP contribution in [-0.2, 0) is 5.41 Å². The Hall–Kier alpha value is -1.22. The molecule has 1 aromatic carbocycles. The lowest BCUT2D eigenvalue weighted by Crippen LogP contribution is -2.21. The van der Waals surface area contributed by atoms with Crippen LogP contribution in [0.4, 0.5) is 0 Å². The zero-order valence-electron chi connectivity index (χ0n) is 11.5. The van der Waals surface area contributed by atoms with E-state index in [1.165, 1.54) is 36.8 Å². The van der Waals surface area contributed by atoms with Gasteiger partial charge in [0.2, 0.25) is 0 Å². The molecular weight excluding hydrogens is 238 g/mol. The molecule has 0 radical (unpaired) electrons. The largest absolute Gasteiger partial charge is 0.489 e. The second kappa shape index (κ2) is 3.66. The van der Waals surface area contributed by atoms with E-state index in [9.17, 15) is 0 Å². The first kappa shape index (κ1) is 11.6. The van der Waals surface area contributed by atoms with E-state index in [4.69, 9.17) is 15.2 Å². The molecule has 0 aromatic heterocycles. The van der Waals surface area contributed by atoms with Crippen molar-refractivity contribution in [3.05, 3.63) is 23.3 Å². The summed E-state index contributed by atoms with van der Waals surface area (Å²) < 4.78 is 12.0. The van der Waals surface area contributed by atoms with Crippen LogP contribution < -0.4 is 15.2 Å². The van der Waals surface area contributed by atoms with Gasteiger partial charge in [0.15, 0.2) is 11.5 Å². The summed E-state index contributed by atoms with van der Waals surface area (Å²) >= 11 is 0. The molecule has 1 aliphatic heterocycles. The molecule has 3 aliphatic rings. The SMILES string of the molecule is Cc1cc2c(cc1C1(CN)CC1)OCC1(CC1)CO2. The molecule has 2 N–H and O–H groups in total. The van der Waals surface area contributed by atoms with Crippen molar-refractivity contribution in [3.63, 3.8) is 0 Å². The van der Waals surface area contributed by atoms with E-state index < -0.39 is 0 Å². The van der Waals surface area contributed by atoms with Crippen molar-refractivity contribution in [2.24, 2.45) is 11.1 Å².